The molecule has 1 saturated carbocycles. The van der Waals surface area contributed by atoms with E-state index in [2.05, 4.69) is 24.3 Å². The summed E-state index contributed by atoms with van der Waals surface area (Å²) in [5.41, 5.74) is 2.40. The Morgan fingerprint density at radius 1 is 0.808 bits per heavy atom. The number of rotatable bonds is 8. The van der Waals surface area contributed by atoms with Crippen LogP contribution in [0.5, 0.6) is 0 Å². The normalized spacial score (nSPS) is 14.9. The molecule has 1 aliphatic rings. The third-order valence-electron chi connectivity index (χ3n) is 5.51. The summed E-state index contributed by atoms with van der Waals surface area (Å²) in [5, 5.41) is 0. The van der Waals surface area contributed by atoms with Crippen LogP contribution in [0.3, 0.4) is 0 Å². The number of carbonyl (C=O) groups is 1. The lowest BCUT2D eigenvalue weighted by atomic mass is 9.86. The Hall–Kier alpha value is -2.09. The molecule has 0 N–H and O–H groups in total. The van der Waals surface area contributed by atoms with Crippen molar-refractivity contribution >= 4 is 5.91 Å². The summed E-state index contributed by atoms with van der Waals surface area (Å²) in [6, 6.07) is 20.6. The zero-order chi connectivity index (χ0) is 18.0. The summed E-state index contributed by atoms with van der Waals surface area (Å²) in [4.78, 5) is 14.9. The molecule has 0 atom stereocenters. The Morgan fingerprint density at radius 2 is 1.35 bits per heavy atom. The molecule has 3 rings (SSSR count). The Balaban J connectivity index is 1.57. The maximum absolute atomic E-state index is 12.9. The fourth-order valence-corrected chi connectivity index (χ4v) is 4.02. The predicted octanol–water partition coefficient (Wildman–Crippen LogP) is 5.97. The Morgan fingerprint density at radius 3 is 1.88 bits per heavy atom. The first kappa shape index (κ1) is 18.7. The van der Waals surface area contributed by atoms with Gasteiger partial charge in [-0.25, -0.2) is 0 Å². The second-order valence-electron chi connectivity index (χ2n) is 7.62. The summed E-state index contributed by atoms with van der Waals surface area (Å²) in [7, 11) is 0. The zero-order valence-electron chi connectivity index (χ0n) is 15.8. The topological polar surface area (TPSA) is 20.3 Å². The minimum Gasteiger partial charge on any atom is -0.334 e. The fourth-order valence-electron chi connectivity index (χ4n) is 4.02. The molecule has 0 aliphatic heterocycles. The van der Waals surface area contributed by atoms with Crippen LogP contribution in [0.25, 0.3) is 0 Å². The van der Waals surface area contributed by atoms with E-state index in [4.69, 9.17) is 0 Å². The van der Waals surface area contributed by atoms with Gasteiger partial charge in [0.05, 0.1) is 0 Å². The van der Waals surface area contributed by atoms with Crippen molar-refractivity contribution in [2.75, 3.05) is 0 Å². The standard InChI is InChI=1S/C24H31NO/c26-24(18-10-17-21-11-4-1-5-12-21)25(19-22-13-6-2-7-14-22)20-23-15-8-3-9-16-23/h2-3,6-9,13-16,21H,1,4-5,10-12,17-20H2. The number of nitrogens with zero attached hydrogens (tertiary/aromatic N) is 1. The number of hydrogen-bond acceptors (Lipinski definition) is 1. The van der Waals surface area contributed by atoms with Crippen LogP contribution in [-0.2, 0) is 17.9 Å². The minimum absolute atomic E-state index is 0.286. The van der Waals surface area contributed by atoms with Crippen LogP contribution in [0.4, 0.5) is 0 Å². The van der Waals surface area contributed by atoms with E-state index >= 15 is 0 Å². The van der Waals surface area contributed by atoms with Crippen LogP contribution in [-0.4, -0.2) is 10.8 Å². The second kappa shape index (κ2) is 10.2. The van der Waals surface area contributed by atoms with Gasteiger partial charge in [0.15, 0.2) is 0 Å². The molecule has 0 radical (unpaired) electrons. The van der Waals surface area contributed by atoms with Gasteiger partial charge in [0.25, 0.3) is 0 Å². The molecule has 0 aromatic heterocycles. The molecular formula is C24H31NO. The van der Waals surface area contributed by atoms with E-state index in [9.17, 15) is 4.79 Å². The van der Waals surface area contributed by atoms with Gasteiger partial charge in [-0.2, -0.15) is 0 Å². The average Bonchev–Trinajstić information content (AvgIpc) is 2.70. The van der Waals surface area contributed by atoms with Gasteiger partial charge in [-0.05, 0) is 29.9 Å². The van der Waals surface area contributed by atoms with E-state index in [1.54, 1.807) is 0 Å². The maximum Gasteiger partial charge on any atom is 0.223 e. The van der Waals surface area contributed by atoms with E-state index in [1.165, 1.54) is 49.7 Å². The Kier molecular flexibility index (Phi) is 7.30. The monoisotopic (exact) mass is 349 g/mol. The van der Waals surface area contributed by atoms with Crippen molar-refractivity contribution in [1.82, 2.24) is 4.90 Å². The van der Waals surface area contributed by atoms with Crippen LogP contribution < -0.4 is 0 Å². The van der Waals surface area contributed by atoms with E-state index in [0.717, 1.165) is 12.3 Å². The van der Waals surface area contributed by atoms with Crippen LogP contribution in [0, 0.1) is 5.92 Å². The first-order valence-corrected chi connectivity index (χ1v) is 10.2. The fraction of sp³-hybridized carbons (Fsp3) is 0.458. The highest BCUT2D eigenvalue weighted by Crippen LogP contribution is 2.28. The van der Waals surface area contributed by atoms with Gasteiger partial charge >= 0.3 is 0 Å². The molecule has 1 fully saturated rings. The van der Waals surface area contributed by atoms with Crippen molar-refractivity contribution in [3.63, 3.8) is 0 Å². The molecule has 0 saturated heterocycles. The molecule has 1 aliphatic carbocycles. The van der Waals surface area contributed by atoms with Gasteiger partial charge in [0.1, 0.15) is 0 Å². The van der Waals surface area contributed by atoms with Crippen molar-refractivity contribution in [2.24, 2.45) is 5.92 Å². The molecule has 2 heteroatoms. The van der Waals surface area contributed by atoms with Crippen molar-refractivity contribution < 1.29 is 4.79 Å². The number of hydrogen-bond donors (Lipinski definition) is 0. The lowest BCUT2D eigenvalue weighted by molar-refractivity contribution is -0.132. The zero-order valence-corrected chi connectivity index (χ0v) is 15.8. The van der Waals surface area contributed by atoms with Gasteiger partial charge in [0, 0.05) is 19.5 Å². The number of carbonyl (C=O) groups excluding carboxylic acids is 1. The van der Waals surface area contributed by atoms with E-state index in [-0.39, 0.29) is 5.91 Å². The van der Waals surface area contributed by atoms with Crippen LogP contribution in [0.2, 0.25) is 0 Å². The highest BCUT2D eigenvalue weighted by atomic mass is 16.2. The molecule has 0 spiro atoms. The average molecular weight is 350 g/mol. The van der Waals surface area contributed by atoms with Crippen LogP contribution in [0.1, 0.15) is 62.5 Å². The van der Waals surface area contributed by atoms with Gasteiger partial charge in [-0.3, -0.25) is 4.79 Å². The van der Waals surface area contributed by atoms with Crippen molar-refractivity contribution in [1.29, 1.82) is 0 Å². The summed E-state index contributed by atoms with van der Waals surface area (Å²) in [6.07, 6.45) is 9.82. The molecule has 0 unspecified atom stereocenters. The molecule has 1 amide bonds. The molecule has 138 valence electrons. The summed E-state index contributed by atoms with van der Waals surface area (Å²) < 4.78 is 0. The summed E-state index contributed by atoms with van der Waals surface area (Å²) >= 11 is 0. The quantitative estimate of drug-likeness (QED) is 0.575. The molecule has 26 heavy (non-hydrogen) atoms. The van der Waals surface area contributed by atoms with E-state index < -0.39 is 0 Å². The van der Waals surface area contributed by atoms with Gasteiger partial charge in [-0.15, -0.1) is 0 Å². The molecule has 2 aromatic rings. The predicted molar refractivity (Wildman–Crippen MR) is 108 cm³/mol. The SMILES string of the molecule is O=C(CCCC1CCCCC1)N(Cc1ccccc1)Cc1ccccc1. The number of benzene rings is 2. The number of amides is 1. The molecule has 2 nitrogen and oxygen atoms in total. The molecule has 0 heterocycles. The summed E-state index contributed by atoms with van der Waals surface area (Å²) in [6.45, 7) is 1.38. The Bertz CT molecular complexity index is 605. The Labute approximate surface area is 158 Å². The molecule has 0 bridgehead atoms. The lowest BCUT2D eigenvalue weighted by Gasteiger charge is -2.25. The van der Waals surface area contributed by atoms with Crippen LogP contribution in [0.15, 0.2) is 60.7 Å². The smallest absolute Gasteiger partial charge is 0.223 e. The third kappa shape index (κ3) is 6.01. The van der Waals surface area contributed by atoms with E-state index in [1.807, 2.05) is 41.3 Å². The first-order chi connectivity index (χ1) is 12.8. The molecule has 2 aromatic carbocycles. The highest BCUT2D eigenvalue weighted by Gasteiger charge is 2.17. The second-order valence-corrected chi connectivity index (χ2v) is 7.62. The largest absolute Gasteiger partial charge is 0.334 e. The summed E-state index contributed by atoms with van der Waals surface area (Å²) in [5.74, 6) is 1.14. The van der Waals surface area contributed by atoms with Gasteiger partial charge < -0.3 is 4.90 Å². The third-order valence-corrected chi connectivity index (χ3v) is 5.51. The van der Waals surface area contributed by atoms with Crippen molar-refractivity contribution in [2.45, 2.75) is 64.5 Å². The molecular weight excluding hydrogens is 318 g/mol. The maximum atomic E-state index is 12.9. The van der Waals surface area contributed by atoms with Gasteiger partial charge in [0.2, 0.25) is 5.91 Å². The first-order valence-electron chi connectivity index (χ1n) is 10.2. The van der Waals surface area contributed by atoms with E-state index in [0.29, 0.717) is 19.5 Å². The van der Waals surface area contributed by atoms with Gasteiger partial charge in [-0.1, -0.05) is 92.8 Å². The lowest BCUT2D eigenvalue weighted by Crippen LogP contribution is -2.30. The highest BCUT2D eigenvalue weighted by molar-refractivity contribution is 5.76. The van der Waals surface area contributed by atoms with Crippen molar-refractivity contribution in [3.8, 4) is 0 Å². The minimum atomic E-state index is 0.286. The van der Waals surface area contributed by atoms with Crippen LogP contribution >= 0.6 is 0 Å². The van der Waals surface area contributed by atoms with Crippen molar-refractivity contribution in [3.05, 3.63) is 71.8 Å².